The fourth-order valence-electron chi connectivity index (χ4n) is 1.47. The molecule has 0 saturated heterocycles. The summed E-state index contributed by atoms with van der Waals surface area (Å²) in [6.45, 7) is 0. The van der Waals surface area contributed by atoms with Gasteiger partial charge in [0, 0.05) is 16.6 Å². The molecule has 0 unspecified atom stereocenters. The molecule has 6 heteroatoms. The molecule has 19 heavy (non-hydrogen) atoms. The molecule has 0 heterocycles. The third-order valence-corrected chi connectivity index (χ3v) is 3.50. The second kappa shape index (κ2) is 5.44. The Morgan fingerprint density at radius 1 is 1.00 bits per heavy atom. The standard InChI is InChI=1S/C13H10F3NOS/c1-18-11-6-13(10(17)5-9(11)16)19-12-4-7(14)2-3-8(12)15/h2-6H,17H2,1H3. The first-order valence-electron chi connectivity index (χ1n) is 5.27. The molecular formula is C13H10F3NOS. The van der Waals surface area contributed by atoms with E-state index < -0.39 is 17.5 Å². The van der Waals surface area contributed by atoms with Crippen LogP contribution in [-0.4, -0.2) is 7.11 Å². The molecule has 2 aromatic carbocycles. The van der Waals surface area contributed by atoms with Crippen LogP contribution < -0.4 is 10.5 Å². The molecule has 2 nitrogen and oxygen atoms in total. The lowest BCUT2D eigenvalue weighted by Gasteiger charge is -2.09. The van der Waals surface area contributed by atoms with Gasteiger partial charge in [-0.25, -0.2) is 13.2 Å². The summed E-state index contributed by atoms with van der Waals surface area (Å²) in [6.07, 6.45) is 0. The first kappa shape index (κ1) is 13.6. The summed E-state index contributed by atoms with van der Waals surface area (Å²) in [6, 6.07) is 5.52. The van der Waals surface area contributed by atoms with Gasteiger partial charge in [-0.3, -0.25) is 0 Å². The van der Waals surface area contributed by atoms with Crippen LogP contribution in [0.5, 0.6) is 5.75 Å². The topological polar surface area (TPSA) is 35.2 Å². The number of methoxy groups -OCH3 is 1. The minimum absolute atomic E-state index is 0.00601. The highest BCUT2D eigenvalue weighted by molar-refractivity contribution is 7.99. The first-order valence-corrected chi connectivity index (χ1v) is 6.09. The van der Waals surface area contributed by atoms with Crippen molar-refractivity contribution in [2.45, 2.75) is 9.79 Å². The molecule has 0 aliphatic heterocycles. The van der Waals surface area contributed by atoms with E-state index in [1.54, 1.807) is 0 Å². The Bertz CT molecular complexity index is 619. The molecule has 100 valence electrons. The number of hydrogen-bond donors (Lipinski definition) is 1. The van der Waals surface area contributed by atoms with E-state index in [1.165, 1.54) is 13.2 Å². The van der Waals surface area contributed by atoms with Crippen molar-refractivity contribution in [3.8, 4) is 5.75 Å². The number of hydrogen-bond acceptors (Lipinski definition) is 3. The maximum Gasteiger partial charge on any atom is 0.167 e. The number of rotatable bonds is 3. The molecule has 0 fully saturated rings. The van der Waals surface area contributed by atoms with E-state index in [1.807, 2.05) is 0 Å². The highest BCUT2D eigenvalue weighted by Gasteiger charge is 2.12. The van der Waals surface area contributed by atoms with Crippen molar-refractivity contribution in [2.75, 3.05) is 12.8 Å². The molecule has 0 spiro atoms. The molecule has 2 rings (SSSR count). The van der Waals surface area contributed by atoms with Crippen LogP contribution in [0.25, 0.3) is 0 Å². The van der Waals surface area contributed by atoms with Gasteiger partial charge in [-0.1, -0.05) is 11.8 Å². The van der Waals surface area contributed by atoms with Gasteiger partial charge in [-0.05, 0) is 24.3 Å². The Morgan fingerprint density at radius 2 is 1.74 bits per heavy atom. The molecule has 0 saturated carbocycles. The molecule has 0 aliphatic carbocycles. The van der Waals surface area contributed by atoms with Gasteiger partial charge in [0.05, 0.1) is 12.0 Å². The van der Waals surface area contributed by atoms with E-state index in [9.17, 15) is 13.2 Å². The van der Waals surface area contributed by atoms with Gasteiger partial charge in [0.15, 0.2) is 11.6 Å². The maximum absolute atomic E-state index is 13.5. The van der Waals surface area contributed by atoms with Crippen LogP contribution in [0.3, 0.4) is 0 Å². The Hall–Kier alpha value is -1.82. The molecular weight excluding hydrogens is 275 g/mol. The van der Waals surface area contributed by atoms with E-state index in [4.69, 9.17) is 10.5 Å². The first-order chi connectivity index (χ1) is 9.01. The fourth-order valence-corrected chi connectivity index (χ4v) is 2.39. The number of halogens is 3. The fraction of sp³-hybridized carbons (Fsp3) is 0.0769. The summed E-state index contributed by atoms with van der Waals surface area (Å²) in [5, 5.41) is 0. The van der Waals surface area contributed by atoms with E-state index in [-0.39, 0.29) is 16.3 Å². The van der Waals surface area contributed by atoms with Gasteiger partial charge in [-0.2, -0.15) is 0 Å². The van der Waals surface area contributed by atoms with E-state index >= 15 is 0 Å². The molecule has 0 amide bonds. The molecule has 0 bridgehead atoms. The Balaban J connectivity index is 2.40. The number of nitrogens with two attached hydrogens (primary N) is 1. The smallest absolute Gasteiger partial charge is 0.167 e. The van der Waals surface area contributed by atoms with Crippen LogP contribution in [0.15, 0.2) is 40.1 Å². The lowest BCUT2D eigenvalue weighted by molar-refractivity contribution is 0.385. The van der Waals surface area contributed by atoms with Gasteiger partial charge in [0.2, 0.25) is 0 Å². The van der Waals surface area contributed by atoms with Crippen molar-refractivity contribution >= 4 is 17.4 Å². The molecule has 2 N–H and O–H groups in total. The van der Waals surface area contributed by atoms with Crippen molar-refractivity contribution in [3.05, 3.63) is 47.8 Å². The monoisotopic (exact) mass is 285 g/mol. The van der Waals surface area contributed by atoms with Crippen molar-refractivity contribution < 1.29 is 17.9 Å². The van der Waals surface area contributed by atoms with Gasteiger partial charge < -0.3 is 10.5 Å². The van der Waals surface area contributed by atoms with Crippen LogP contribution in [0.4, 0.5) is 18.9 Å². The summed E-state index contributed by atoms with van der Waals surface area (Å²) in [4.78, 5) is 0.461. The molecule has 0 aliphatic rings. The zero-order chi connectivity index (χ0) is 14.0. The summed E-state index contributed by atoms with van der Waals surface area (Å²) < 4.78 is 44.8. The van der Waals surface area contributed by atoms with Crippen LogP contribution >= 0.6 is 11.8 Å². The van der Waals surface area contributed by atoms with Crippen LogP contribution in [0, 0.1) is 17.5 Å². The lowest BCUT2D eigenvalue weighted by atomic mass is 10.3. The molecule has 0 radical (unpaired) electrons. The number of benzene rings is 2. The second-order valence-electron chi connectivity index (χ2n) is 3.70. The van der Waals surface area contributed by atoms with Gasteiger partial charge >= 0.3 is 0 Å². The normalized spacial score (nSPS) is 10.5. The summed E-state index contributed by atoms with van der Waals surface area (Å²) in [5.74, 6) is -1.75. The van der Waals surface area contributed by atoms with Crippen LogP contribution in [0.2, 0.25) is 0 Å². The summed E-state index contributed by atoms with van der Waals surface area (Å²) in [5.41, 5.74) is 5.78. The van der Waals surface area contributed by atoms with Crippen molar-refractivity contribution in [2.24, 2.45) is 0 Å². The largest absolute Gasteiger partial charge is 0.494 e. The van der Waals surface area contributed by atoms with E-state index in [0.29, 0.717) is 4.90 Å². The predicted molar refractivity (Wildman–Crippen MR) is 67.8 cm³/mol. The predicted octanol–water partition coefficient (Wildman–Crippen LogP) is 3.85. The SMILES string of the molecule is COc1cc(Sc2cc(F)ccc2F)c(N)cc1F. The second-order valence-corrected chi connectivity index (χ2v) is 4.79. The van der Waals surface area contributed by atoms with Crippen LogP contribution in [0.1, 0.15) is 0 Å². The van der Waals surface area contributed by atoms with E-state index in [2.05, 4.69) is 0 Å². The van der Waals surface area contributed by atoms with Crippen molar-refractivity contribution in [1.29, 1.82) is 0 Å². The van der Waals surface area contributed by atoms with Crippen molar-refractivity contribution in [1.82, 2.24) is 0 Å². The quantitative estimate of drug-likeness (QED) is 0.870. The minimum Gasteiger partial charge on any atom is -0.494 e. The zero-order valence-electron chi connectivity index (χ0n) is 9.91. The van der Waals surface area contributed by atoms with E-state index in [0.717, 1.165) is 36.0 Å². The minimum atomic E-state index is -0.607. The third kappa shape index (κ3) is 2.96. The van der Waals surface area contributed by atoms with Crippen molar-refractivity contribution in [3.63, 3.8) is 0 Å². The molecule has 0 atom stereocenters. The summed E-state index contributed by atoms with van der Waals surface area (Å²) >= 11 is 0.907. The Kier molecular flexibility index (Phi) is 3.90. The number of ether oxygens (including phenoxy) is 1. The van der Waals surface area contributed by atoms with Crippen LogP contribution in [-0.2, 0) is 0 Å². The molecule has 0 aromatic heterocycles. The number of anilines is 1. The average molecular weight is 285 g/mol. The Morgan fingerprint density at radius 3 is 2.42 bits per heavy atom. The lowest BCUT2D eigenvalue weighted by Crippen LogP contribution is -1.95. The highest BCUT2D eigenvalue weighted by atomic mass is 32.2. The van der Waals surface area contributed by atoms with Gasteiger partial charge in [-0.15, -0.1) is 0 Å². The number of nitrogen functional groups attached to an aromatic ring is 1. The highest BCUT2D eigenvalue weighted by Crippen LogP contribution is 2.37. The maximum atomic E-state index is 13.5. The molecule has 2 aromatic rings. The Labute approximate surface area is 112 Å². The zero-order valence-corrected chi connectivity index (χ0v) is 10.7. The van der Waals surface area contributed by atoms with Gasteiger partial charge in [0.25, 0.3) is 0 Å². The van der Waals surface area contributed by atoms with Gasteiger partial charge in [0.1, 0.15) is 11.6 Å². The third-order valence-electron chi connectivity index (χ3n) is 2.40. The summed E-state index contributed by atoms with van der Waals surface area (Å²) in [7, 11) is 1.31. The average Bonchev–Trinajstić information content (AvgIpc) is 2.37.